The number of hydrogen-bond acceptors (Lipinski definition) is 3. The Morgan fingerprint density at radius 3 is 2.85 bits per heavy atom. The lowest BCUT2D eigenvalue weighted by atomic mass is 10.1. The summed E-state index contributed by atoms with van der Waals surface area (Å²) in [5.41, 5.74) is 6.73. The highest BCUT2D eigenvalue weighted by atomic mass is 35.5. The standard InChI is InChI=1S/C14H19N3O2.ClH/c15-13(18)11-3-1-2-10(8-11)4-7-17-14(19)12-5-6-16-9-12;/h1-3,8,12,16H,4-7,9H2,(H2,15,18)(H,17,19);1H. The summed E-state index contributed by atoms with van der Waals surface area (Å²) in [4.78, 5) is 22.8. The van der Waals surface area contributed by atoms with Gasteiger partial charge in [0.25, 0.3) is 0 Å². The lowest BCUT2D eigenvalue weighted by Gasteiger charge is -2.10. The zero-order valence-electron chi connectivity index (χ0n) is 11.2. The Labute approximate surface area is 124 Å². The van der Waals surface area contributed by atoms with Crippen molar-refractivity contribution in [3.05, 3.63) is 35.4 Å². The molecule has 2 rings (SSSR count). The Hall–Kier alpha value is -1.59. The van der Waals surface area contributed by atoms with Gasteiger partial charge in [0.2, 0.25) is 11.8 Å². The minimum atomic E-state index is -0.428. The SMILES string of the molecule is Cl.NC(=O)c1cccc(CCNC(=O)C2CCNC2)c1. The Bertz CT molecular complexity index is 473. The minimum absolute atomic E-state index is 0. The van der Waals surface area contributed by atoms with E-state index in [1.165, 1.54) is 0 Å². The van der Waals surface area contributed by atoms with Crippen LogP contribution in [0.2, 0.25) is 0 Å². The van der Waals surface area contributed by atoms with Gasteiger partial charge >= 0.3 is 0 Å². The number of rotatable bonds is 5. The molecule has 0 spiro atoms. The molecule has 1 aromatic rings. The van der Waals surface area contributed by atoms with E-state index in [2.05, 4.69) is 10.6 Å². The van der Waals surface area contributed by atoms with Gasteiger partial charge in [-0.15, -0.1) is 12.4 Å². The largest absolute Gasteiger partial charge is 0.366 e. The monoisotopic (exact) mass is 297 g/mol. The molecular weight excluding hydrogens is 278 g/mol. The molecule has 2 amide bonds. The summed E-state index contributed by atoms with van der Waals surface area (Å²) in [6.07, 6.45) is 1.61. The van der Waals surface area contributed by atoms with E-state index in [1.807, 2.05) is 6.07 Å². The van der Waals surface area contributed by atoms with E-state index in [9.17, 15) is 9.59 Å². The molecule has 1 aromatic carbocycles. The van der Waals surface area contributed by atoms with Crippen molar-refractivity contribution in [2.24, 2.45) is 11.7 Å². The van der Waals surface area contributed by atoms with Gasteiger partial charge in [0.1, 0.15) is 0 Å². The van der Waals surface area contributed by atoms with Gasteiger partial charge < -0.3 is 16.4 Å². The first kappa shape index (κ1) is 16.5. The van der Waals surface area contributed by atoms with E-state index in [4.69, 9.17) is 5.73 Å². The molecule has 1 aliphatic rings. The molecule has 5 nitrogen and oxygen atoms in total. The number of carbonyl (C=O) groups is 2. The molecule has 4 N–H and O–H groups in total. The minimum Gasteiger partial charge on any atom is -0.366 e. The normalized spacial score (nSPS) is 17.3. The maximum absolute atomic E-state index is 11.8. The number of amides is 2. The van der Waals surface area contributed by atoms with Gasteiger partial charge in [-0.3, -0.25) is 9.59 Å². The van der Waals surface area contributed by atoms with Crippen molar-refractivity contribution >= 4 is 24.2 Å². The van der Waals surface area contributed by atoms with Gasteiger partial charge in [-0.25, -0.2) is 0 Å². The van der Waals surface area contributed by atoms with Crippen LogP contribution >= 0.6 is 12.4 Å². The van der Waals surface area contributed by atoms with Gasteiger partial charge in [-0.05, 0) is 37.1 Å². The first-order valence-corrected chi connectivity index (χ1v) is 6.54. The molecule has 6 heteroatoms. The maximum atomic E-state index is 11.8. The van der Waals surface area contributed by atoms with Crippen LogP contribution in [0, 0.1) is 5.92 Å². The van der Waals surface area contributed by atoms with E-state index in [-0.39, 0.29) is 24.2 Å². The molecule has 1 unspecified atom stereocenters. The predicted octanol–water partition coefficient (Wildman–Crippen LogP) is 0.476. The summed E-state index contributed by atoms with van der Waals surface area (Å²) < 4.78 is 0. The fraction of sp³-hybridized carbons (Fsp3) is 0.429. The Balaban J connectivity index is 0.00000200. The van der Waals surface area contributed by atoms with Crippen molar-refractivity contribution in [2.45, 2.75) is 12.8 Å². The number of nitrogens with one attached hydrogen (secondary N) is 2. The zero-order chi connectivity index (χ0) is 13.7. The molecule has 20 heavy (non-hydrogen) atoms. The van der Waals surface area contributed by atoms with Crippen LogP contribution in [0.1, 0.15) is 22.3 Å². The molecule has 110 valence electrons. The summed E-state index contributed by atoms with van der Waals surface area (Å²) in [6, 6.07) is 7.19. The fourth-order valence-electron chi connectivity index (χ4n) is 2.23. The van der Waals surface area contributed by atoms with E-state index in [0.29, 0.717) is 18.5 Å². The Kier molecular flexibility index (Phi) is 6.48. The first-order valence-electron chi connectivity index (χ1n) is 6.54. The first-order chi connectivity index (χ1) is 9.16. The highest BCUT2D eigenvalue weighted by Gasteiger charge is 2.21. The summed E-state index contributed by atoms with van der Waals surface area (Å²) >= 11 is 0. The van der Waals surface area contributed by atoms with Gasteiger partial charge in [-0.1, -0.05) is 12.1 Å². The lowest BCUT2D eigenvalue weighted by molar-refractivity contribution is -0.124. The third-order valence-electron chi connectivity index (χ3n) is 3.36. The quantitative estimate of drug-likeness (QED) is 0.739. The number of hydrogen-bond donors (Lipinski definition) is 3. The second kappa shape index (κ2) is 7.87. The van der Waals surface area contributed by atoms with Gasteiger partial charge in [0, 0.05) is 18.7 Å². The molecule has 1 atom stereocenters. The molecule has 0 radical (unpaired) electrons. The molecule has 0 aliphatic carbocycles. The molecule has 1 aliphatic heterocycles. The molecule has 1 fully saturated rings. The molecular formula is C14H20ClN3O2. The van der Waals surface area contributed by atoms with Crippen LogP contribution in [-0.4, -0.2) is 31.4 Å². The number of benzene rings is 1. The van der Waals surface area contributed by atoms with Gasteiger partial charge in [0.05, 0.1) is 5.92 Å². The molecule has 1 heterocycles. The van der Waals surface area contributed by atoms with E-state index in [1.54, 1.807) is 18.2 Å². The van der Waals surface area contributed by atoms with Crippen LogP contribution in [0.4, 0.5) is 0 Å². The van der Waals surface area contributed by atoms with E-state index < -0.39 is 5.91 Å². The third kappa shape index (κ3) is 4.51. The van der Waals surface area contributed by atoms with Crippen molar-refractivity contribution in [1.82, 2.24) is 10.6 Å². The summed E-state index contributed by atoms with van der Waals surface area (Å²) in [6.45, 7) is 2.26. The average molecular weight is 298 g/mol. The second-order valence-electron chi connectivity index (χ2n) is 4.80. The second-order valence-corrected chi connectivity index (χ2v) is 4.80. The topological polar surface area (TPSA) is 84.2 Å². The van der Waals surface area contributed by atoms with Gasteiger partial charge in [0.15, 0.2) is 0 Å². The number of primary amides is 1. The van der Waals surface area contributed by atoms with Crippen LogP contribution in [0.25, 0.3) is 0 Å². The number of halogens is 1. The number of carbonyl (C=O) groups excluding carboxylic acids is 2. The Morgan fingerprint density at radius 2 is 2.20 bits per heavy atom. The Morgan fingerprint density at radius 1 is 1.40 bits per heavy atom. The molecule has 0 bridgehead atoms. The van der Waals surface area contributed by atoms with Crippen molar-refractivity contribution in [3.8, 4) is 0 Å². The summed E-state index contributed by atoms with van der Waals surface area (Å²) in [5, 5.41) is 6.10. The van der Waals surface area contributed by atoms with Crippen LogP contribution < -0.4 is 16.4 Å². The highest BCUT2D eigenvalue weighted by molar-refractivity contribution is 5.92. The third-order valence-corrected chi connectivity index (χ3v) is 3.36. The van der Waals surface area contributed by atoms with Crippen molar-refractivity contribution in [3.63, 3.8) is 0 Å². The predicted molar refractivity (Wildman–Crippen MR) is 79.9 cm³/mol. The van der Waals surface area contributed by atoms with Gasteiger partial charge in [-0.2, -0.15) is 0 Å². The van der Waals surface area contributed by atoms with Crippen molar-refractivity contribution < 1.29 is 9.59 Å². The zero-order valence-corrected chi connectivity index (χ0v) is 12.0. The van der Waals surface area contributed by atoms with Crippen LogP contribution in [0.5, 0.6) is 0 Å². The van der Waals surface area contributed by atoms with Crippen molar-refractivity contribution in [1.29, 1.82) is 0 Å². The average Bonchev–Trinajstić information content (AvgIpc) is 2.93. The van der Waals surface area contributed by atoms with E-state index in [0.717, 1.165) is 25.1 Å². The fourth-order valence-corrected chi connectivity index (χ4v) is 2.23. The van der Waals surface area contributed by atoms with Crippen molar-refractivity contribution in [2.75, 3.05) is 19.6 Å². The molecule has 0 saturated carbocycles. The summed E-state index contributed by atoms with van der Waals surface area (Å²) in [5.74, 6) is -0.226. The van der Waals surface area contributed by atoms with Crippen LogP contribution in [-0.2, 0) is 11.2 Å². The molecule has 1 saturated heterocycles. The maximum Gasteiger partial charge on any atom is 0.248 e. The van der Waals surface area contributed by atoms with Crippen LogP contribution in [0.3, 0.4) is 0 Å². The highest BCUT2D eigenvalue weighted by Crippen LogP contribution is 2.08. The lowest BCUT2D eigenvalue weighted by Crippen LogP contribution is -2.33. The molecule has 0 aromatic heterocycles. The summed E-state index contributed by atoms with van der Waals surface area (Å²) in [7, 11) is 0. The number of nitrogens with two attached hydrogens (primary N) is 1. The van der Waals surface area contributed by atoms with E-state index >= 15 is 0 Å². The van der Waals surface area contributed by atoms with Crippen LogP contribution in [0.15, 0.2) is 24.3 Å². The smallest absolute Gasteiger partial charge is 0.248 e.